The molecule has 0 aromatic heterocycles. The second kappa shape index (κ2) is 12.1. The number of ether oxygens (including phenoxy) is 3. The summed E-state index contributed by atoms with van der Waals surface area (Å²) in [6.45, 7) is 2.62. The molecule has 172 valence electrons. The van der Waals surface area contributed by atoms with Crippen molar-refractivity contribution in [3.8, 4) is 17.2 Å². The number of methoxy groups -OCH3 is 1. The van der Waals surface area contributed by atoms with Gasteiger partial charge in [0.2, 0.25) is 5.91 Å². The largest absolute Gasteiger partial charge is 0.497 e. The van der Waals surface area contributed by atoms with Gasteiger partial charge in [0.25, 0.3) is 0 Å². The highest BCUT2D eigenvalue weighted by Crippen LogP contribution is 2.37. The molecule has 0 bridgehead atoms. The molecule has 0 aliphatic heterocycles. The number of benzene rings is 3. The second-order valence-electron chi connectivity index (χ2n) is 7.00. The number of carbonyl (C=O) groups is 1. The van der Waals surface area contributed by atoms with Crippen LogP contribution in [0.1, 0.15) is 23.6 Å². The first kappa shape index (κ1) is 24.4. The highest BCUT2D eigenvalue weighted by atomic mass is 35.5. The molecule has 0 saturated heterocycles. The average molecular weight is 487 g/mol. The number of hydrogen-bond acceptors (Lipinski definition) is 5. The second-order valence-corrected chi connectivity index (χ2v) is 7.84. The van der Waals surface area contributed by atoms with Gasteiger partial charge < -0.3 is 14.2 Å². The predicted octanol–water partition coefficient (Wildman–Crippen LogP) is 5.67. The Morgan fingerprint density at radius 3 is 2.36 bits per heavy atom. The van der Waals surface area contributed by atoms with Crippen LogP contribution in [-0.2, 0) is 17.8 Å². The minimum absolute atomic E-state index is 0.198. The van der Waals surface area contributed by atoms with Crippen molar-refractivity contribution in [2.45, 2.75) is 20.0 Å². The van der Waals surface area contributed by atoms with Crippen LogP contribution in [0.5, 0.6) is 17.2 Å². The standard InChI is InChI=1S/C25H24Cl2N2O4/c1-3-32-23-13-19(12-22(27)25(23)33-16-18-4-8-20(26)9-5-18)15-28-29-24(30)14-17-6-10-21(31-2)11-7-17/h4-13,15H,3,14,16H2,1-2H3,(H,29,30)/b28-15+. The van der Waals surface area contributed by atoms with Gasteiger partial charge in [-0.15, -0.1) is 0 Å². The zero-order valence-electron chi connectivity index (χ0n) is 18.3. The number of halogens is 2. The van der Waals surface area contributed by atoms with E-state index < -0.39 is 0 Å². The van der Waals surface area contributed by atoms with Crippen LogP contribution in [0.4, 0.5) is 0 Å². The molecule has 3 rings (SSSR count). The van der Waals surface area contributed by atoms with Gasteiger partial charge in [-0.05, 0) is 60.0 Å². The predicted molar refractivity (Wildman–Crippen MR) is 131 cm³/mol. The molecule has 8 heteroatoms. The molecule has 3 aromatic carbocycles. The highest BCUT2D eigenvalue weighted by Gasteiger charge is 2.13. The molecule has 0 heterocycles. The van der Waals surface area contributed by atoms with Crippen LogP contribution < -0.4 is 19.6 Å². The van der Waals surface area contributed by atoms with E-state index in [-0.39, 0.29) is 12.3 Å². The lowest BCUT2D eigenvalue weighted by molar-refractivity contribution is -0.120. The van der Waals surface area contributed by atoms with E-state index in [1.807, 2.05) is 31.2 Å². The van der Waals surface area contributed by atoms with Gasteiger partial charge in [-0.1, -0.05) is 47.5 Å². The van der Waals surface area contributed by atoms with Gasteiger partial charge in [-0.2, -0.15) is 5.10 Å². The minimum Gasteiger partial charge on any atom is -0.497 e. The number of nitrogens with one attached hydrogen (secondary N) is 1. The number of amides is 1. The Hall–Kier alpha value is -3.22. The van der Waals surface area contributed by atoms with Crippen LogP contribution in [-0.4, -0.2) is 25.8 Å². The van der Waals surface area contributed by atoms with Gasteiger partial charge in [0, 0.05) is 5.02 Å². The molecule has 33 heavy (non-hydrogen) atoms. The SMILES string of the molecule is CCOc1cc(/C=N/NC(=O)Cc2ccc(OC)cc2)cc(Cl)c1OCc1ccc(Cl)cc1. The van der Waals surface area contributed by atoms with E-state index in [1.165, 1.54) is 6.21 Å². The average Bonchev–Trinajstić information content (AvgIpc) is 2.80. The number of rotatable bonds is 10. The summed E-state index contributed by atoms with van der Waals surface area (Å²) in [5.74, 6) is 1.43. The fourth-order valence-corrected chi connectivity index (χ4v) is 3.35. The van der Waals surface area contributed by atoms with E-state index in [0.717, 1.165) is 16.9 Å². The van der Waals surface area contributed by atoms with Crippen molar-refractivity contribution >= 4 is 35.3 Å². The summed E-state index contributed by atoms with van der Waals surface area (Å²) in [6, 6.07) is 18.1. The van der Waals surface area contributed by atoms with Gasteiger partial charge in [-0.25, -0.2) is 5.43 Å². The number of hydrazone groups is 1. The van der Waals surface area contributed by atoms with E-state index >= 15 is 0 Å². The fourth-order valence-electron chi connectivity index (χ4n) is 2.95. The summed E-state index contributed by atoms with van der Waals surface area (Å²) >= 11 is 12.4. The van der Waals surface area contributed by atoms with Crippen LogP contribution in [0, 0.1) is 0 Å². The number of nitrogens with zero attached hydrogens (tertiary/aromatic N) is 1. The molecule has 1 amide bonds. The molecule has 0 saturated carbocycles. The first-order chi connectivity index (χ1) is 16.0. The zero-order chi connectivity index (χ0) is 23.6. The lowest BCUT2D eigenvalue weighted by Crippen LogP contribution is -2.19. The third kappa shape index (κ3) is 7.41. The molecular formula is C25H24Cl2N2O4. The summed E-state index contributed by atoms with van der Waals surface area (Å²) in [5.41, 5.74) is 4.98. The smallest absolute Gasteiger partial charge is 0.244 e. The third-order valence-electron chi connectivity index (χ3n) is 4.55. The Kier molecular flexibility index (Phi) is 8.98. The molecule has 6 nitrogen and oxygen atoms in total. The zero-order valence-corrected chi connectivity index (χ0v) is 19.8. The normalized spacial score (nSPS) is 10.8. The lowest BCUT2D eigenvalue weighted by Gasteiger charge is -2.14. The molecule has 3 aromatic rings. The summed E-state index contributed by atoms with van der Waals surface area (Å²) in [5, 5.41) is 5.06. The summed E-state index contributed by atoms with van der Waals surface area (Å²) in [7, 11) is 1.60. The number of hydrogen-bond donors (Lipinski definition) is 1. The fraction of sp³-hybridized carbons (Fsp3) is 0.200. The maximum Gasteiger partial charge on any atom is 0.244 e. The van der Waals surface area contributed by atoms with Crippen molar-refractivity contribution in [3.63, 3.8) is 0 Å². The Bertz CT molecular complexity index is 1100. The topological polar surface area (TPSA) is 69.2 Å². The van der Waals surface area contributed by atoms with E-state index in [9.17, 15) is 4.79 Å². The first-order valence-electron chi connectivity index (χ1n) is 10.3. The van der Waals surface area contributed by atoms with Crippen molar-refractivity contribution in [2.75, 3.05) is 13.7 Å². The maximum atomic E-state index is 12.2. The Morgan fingerprint density at radius 1 is 1.00 bits per heavy atom. The molecule has 0 unspecified atom stereocenters. The Labute approximate surface area is 203 Å². The van der Waals surface area contributed by atoms with Crippen LogP contribution in [0.25, 0.3) is 0 Å². The summed E-state index contributed by atoms with van der Waals surface area (Å²) in [6.07, 6.45) is 1.70. The Morgan fingerprint density at radius 2 is 1.70 bits per heavy atom. The van der Waals surface area contributed by atoms with Gasteiger partial charge in [0.05, 0.1) is 31.4 Å². The van der Waals surface area contributed by atoms with Crippen molar-refractivity contribution in [3.05, 3.63) is 87.4 Å². The van der Waals surface area contributed by atoms with Crippen LogP contribution in [0.3, 0.4) is 0 Å². The lowest BCUT2D eigenvalue weighted by atomic mass is 10.1. The van der Waals surface area contributed by atoms with Crippen molar-refractivity contribution < 1.29 is 19.0 Å². The molecule has 0 atom stereocenters. The Balaban J connectivity index is 1.63. The van der Waals surface area contributed by atoms with Gasteiger partial charge >= 0.3 is 0 Å². The monoisotopic (exact) mass is 486 g/mol. The molecule has 1 N–H and O–H groups in total. The third-order valence-corrected chi connectivity index (χ3v) is 5.09. The van der Waals surface area contributed by atoms with Crippen LogP contribution in [0.2, 0.25) is 10.0 Å². The van der Waals surface area contributed by atoms with E-state index in [0.29, 0.717) is 40.3 Å². The van der Waals surface area contributed by atoms with E-state index in [4.69, 9.17) is 37.4 Å². The van der Waals surface area contributed by atoms with Crippen molar-refractivity contribution in [1.82, 2.24) is 5.43 Å². The quantitative estimate of drug-likeness (QED) is 0.296. The van der Waals surface area contributed by atoms with E-state index in [2.05, 4.69) is 10.5 Å². The van der Waals surface area contributed by atoms with Crippen molar-refractivity contribution in [2.24, 2.45) is 5.10 Å². The first-order valence-corrected chi connectivity index (χ1v) is 11.0. The molecule has 0 aliphatic rings. The molecular weight excluding hydrogens is 463 g/mol. The maximum absolute atomic E-state index is 12.2. The minimum atomic E-state index is -0.240. The van der Waals surface area contributed by atoms with Gasteiger partial charge in [0.15, 0.2) is 11.5 Å². The number of carbonyl (C=O) groups excluding carboxylic acids is 1. The van der Waals surface area contributed by atoms with Crippen LogP contribution >= 0.6 is 23.2 Å². The van der Waals surface area contributed by atoms with Crippen molar-refractivity contribution in [1.29, 1.82) is 0 Å². The highest BCUT2D eigenvalue weighted by molar-refractivity contribution is 6.32. The molecule has 0 spiro atoms. The summed E-state index contributed by atoms with van der Waals surface area (Å²) < 4.78 is 16.7. The van der Waals surface area contributed by atoms with E-state index in [1.54, 1.807) is 43.5 Å². The summed E-state index contributed by atoms with van der Waals surface area (Å²) in [4.78, 5) is 12.2. The molecule has 0 fully saturated rings. The molecule has 0 aliphatic carbocycles. The van der Waals surface area contributed by atoms with Gasteiger partial charge in [0.1, 0.15) is 12.4 Å². The van der Waals surface area contributed by atoms with Gasteiger partial charge in [-0.3, -0.25) is 4.79 Å². The molecule has 0 radical (unpaired) electrons. The van der Waals surface area contributed by atoms with Crippen LogP contribution in [0.15, 0.2) is 65.8 Å².